The molecule has 2 aromatic rings. The summed E-state index contributed by atoms with van der Waals surface area (Å²) in [7, 11) is 1.68. The van der Waals surface area contributed by atoms with Gasteiger partial charge < -0.3 is 15.4 Å². The van der Waals surface area contributed by atoms with Crippen LogP contribution in [0.15, 0.2) is 42.5 Å². The van der Waals surface area contributed by atoms with Gasteiger partial charge in [0.2, 0.25) is 0 Å². The number of benzene rings is 2. The minimum Gasteiger partial charge on any atom is -0.497 e. The summed E-state index contributed by atoms with van der Waals surface area (Å²) in [5.74, 6) is 0.879. The minimum atomic E-state index is 0.875. The van der Waals surface area contributed by atoms with Gasteiger partial charge in [-0.15, -0.1) is 0 Å². The predicted molar refractivity (Wildman–Crippen MR) is 85.9 cm³/mol. The van der Waals surface area contributed by atoms with E-state index in [0.29, 0.717) is 0 Å². The van der Waals surface area contributed by atoms with Crippen molar-refractivity contribution in [3.05, 3.63) is 53.6 Å². The van der Waals surface area contributed by atoms with E-state index in [2.05, 4.69) is 42.7 Å². The predicted octanol–water partition coefficient (Wildman–Crippen LogP) is 3.84. The van der Waals surface area contributed by atoms with E-state index < -0.39 is 0 Å². The van der Waals surface area contributed by atoms with Gasteiger partial charge in [0.05, 0.1) is 7.11 Å². The highest BCUT2D eigenvalue weighted by molar-refractivity contribution is 5.52. The second kappa shape index (κ2) is 6.85. The van der Waals surface area contributed by atoms with Crippen LogP contribution >= 0.6 is 0 Å². The Morgan fingerprint density at radius 1 is 0.900 bits per heavy atom. The Hall–Kier alpha value is -2.16. The highest BCUT2D eigenvalue weighted by Gasteiger charge is 1.97. The lowest BCUT2D eigenvalue weighted by molar-refractivity contribution is 0.415. The molecule has 0 bridgehead atoms. The first-order chi connectivity index (χ1) is 9.69. The number of hydrogen-bond donors (Lipinski definition) is 2. The first-order valence-electron chi connectivity index (χ1n) is 6.88. The first kappa shape index (κ1) is 14.3. The highest BCUT2D eigenvalue weighted by Crippen LogP contribution is 2.16. The Morgan fingerprint density at radius 3 is 2.25 bits per heavy atom. The fourth-order valence-electron chi connectivity index (χ4n) is 2.12. The molecular weight excluding hydrogens is 248 g/mol. The van der Waals surface area contributed by atoms with Crippen LogP contribution in [0.2, 0.25) is 0 Å². The summed E-state index contributed by atoms with van der Waals surface area (Å²) < 4.78 is 5.14. The standard InChI is InChI=1S/C17H22N2O/c1-13-4-9-17(14(2)12-13)19-11-10-18-15-5-7-16(20-3)8-6-15/h4-9,12,18-19H,10-11H2,1-3H3. The maximum atomic E-state index is 5.14. The summed E-state index contributed by atoms with van der Waals surface area (Å²) in [6, 6.07) is 14.4. The molecule has 2 N–H and O–H groups in total. The molecule has 0 aliphatic rings. The van der Waals surface area contributed by atoms with E-state index in [1.807, 2.05) is 24.3 Å². The van der Waals surface area contributed by atoms with Crippen molar-refractivity contribution in [1.82, 2.24) is 0 Å². The second-order valence-corrected chi connectivity index (χ2v) is 4.90. The summed E-state index contributed by atoms with van der Waals surface area (Å²) >= 11 is 0. The van der Waals surface area contributed by atoms with E-state index in [9.17, 15) is 0 Å². The van der Waals surface area contributed by atoms with E-state index in [1.165, 1.54) is 16.8 Å². The molecule has 0 aliphatic carbocycles. The monoisotopic (exact) mass is 270 g/mol. The van der Waals surface area contributed by atoms with Crippen molar-refractivity contribution in [2.45, 2.75) is 13.8 Å². The molecule has 20 heavy (non-hydrogen) atoms. The highest BCUT2D eigenvalue weighted by atomic mass is 16.5. The Labute approximate surface area is 121 Å². The number of hydrogen-bond acceptors (Lipinski definition) is 3. The van der Waals surface area contributed by atoms with Crippen LogP contribution in [0.3, 0.4) is 0 Å². The number of methoxy groups -OCH3 is 1. The van der Waals surface area contributed by atoms with E-state index >= 15 is 0 Å². The van der Waals surface area contributed by atoms with Gasteiger partial charge in [-0.3, -0.25) is 0 Å². The smallest absolute Gasteiger partial charge is 0.119 e. The van der Waals surface area contributed by atoms with E-state index in [4.69, 9.17) is 4.74 Å². The number of nitrogens with one attached hydrogen (secondary N) is 2. The average Bonchev–Trinajstić information content (AvgIpc) is 2.46. The molecule has 0 amide bonds. The number of ether oxygens (including phenoxy) is 1. The first-order valence-corrected chi connectivity index (χ1v) is 6.88. The number of rotatable bonds is 6. The molecule has 0 atom stereocenters. The Morgan fingerprint density at radius 2 is 1.60 bits per heavy atom. The van der Waals surface area contributed by atoms with Crippen LogP contribution in [0.4, 0.5) is 11.4 Å². The van der Waals surface area contributed by atoms with Gasteiger partial charge in [-0.1, -0.05) is 17.7 Å². The largest absolute Gasteiger partial charge is 0.497 e. The van der Waals surface area contributed by atoms with Crippen LogP contribution in [0.1, 0.15) is 11.1 Å². The van der Waals surface area contributed by atoms with E-state index in [1.54, 1.807) is 7.11 Å². The van der Waals surface area contributed by atoms with Crippen molar-refractivity contribution in [1.29, 1.82) is 0 Å². The lowest BCUT2D eigenvalue weighted by atomic mass is 10.1. The third kappa shape index (κ3) is 3.92. The zero-order valence-corrected chi connectivity index (χ0v) is 12.4. The summed E-state index contributed by atoms with van der Waals surface area (Å²) in [6.45, 7) is 6.00. The lowest BCUT2D eigenvalue weighted by Gasteiger charge is -2.11. The molecule has 0 heterocycles. The van der Waals surface area contributed by atoms with Gasteiger partial charge in [0, 0.05) is 24.5 Å². The van der Waals surface area contributed by atoms with Gasteiger partial charge in [-0.25, -0.2) is 0 Å². The quantitative estimate of drug-likeness (QED) is 0.783. The van der Waals surface area contributed by atoms with Gasteiger partial charge in [-0.05, 0) is 49.7 Å². The third-order valence-corrected chi connectivity index (χ3v) is 3.24. The van der Waals surface area contributed by atoms with Crippen LogP contribution in [0.25, 0.3) is 0 Å². The van der Waals surface area contributed by atoms with Gasteiger partial charge in [0.25, 0.3) is 0 Å². The van der Waals surface area contributed by atoms with Gasteiger partial charge in [0.15, 0.2) is 0 Å². The van der Waals surface area contributed by atoms with Crippen molar-refractivity contribution in [3.8, 4) is 5.75 Å². The molecule has 2 aromatic carbocycles. The Balaban J connectivity index is 1.78. The molecule has 0 aliphatic heterocycles. The lowest BCUT2D eigenvalue weighted by Crippen LogP contribution is -2.14. The third-order valence-electron chi connectivity index (χ3n) is 3.24. The minimum absolute atomic E-state index is 0.875. The van der Waals surface area contributed by atoms with Crippen molar-refractivity contribution in [2.24, 2.45) is 0 Å². The molecular formula is C17H22N2O. The van der Waals surface area contributed by atoms with Crippen LogP contribution in [-0.2, 0) is 0 Å². The summed E-state index contributed by atoms with van der Waals surface area (Å²) in [5, 5.41) is 6.82. The zero-order valence-electron chi connectivity index (χ0n) is 12.4. The van der Waals surface area contributed by atoms with Crippen LogP contribution in [-0.4, -0.2) is 20.2 Å². The Bertz CT molecular complexity index is 549. The normalized spacial score (nSPS) is 10.2. The molecule has 0 aromatic heterocycles. The maximum Gasteiger partial charge on any atom is 0.119 e. The molecule has 3 heteroatoms. The summed E-state index contributed by atoms with van der Waals surface area (Å²) in [6.07, 6.45) is 0. The average molecular weight is 270 g/mol. The summed E-state index contributed by atoms with van der Waals surface area (Å²) in [5.41, 5.74) is 4.89. The van der Waals surface area contributed by atoms with Crippen molar-refractivity contribution < 1.29 is 4.74 Å². The SMILES string of the molecule is COc1ccc(NCCNc2ccc(C)cc2C)cc1. The van der Waals surface area contributed by atoms with E-state index in [0.717, 1.165) is 24.5 Å². The zero-order chi connectivity index (χ0) is 14.4. The van der Waals surface area contributed by atoms with Crippen molar-refractivity contribution >= 4 is 11.4 Å². The molecule has 0 saturated heterocycles. The fourth-order valence-corrected chi connectivity index (χ4v) is 2.12. The van der Waals surface area contributed by atoms with Gasteiger partial charge in [0.1, 0.15) is 5.75 Å². The van der Waals surface area contributed by atoms with Gasteiger partial charge in [-0.2, -0.15) is 0 Å². The van der Waals surface area contributed by atoms with Gasteiger partial charge >= 0.3 is 0 Å². The topological polar surface area (TPSA) is 33.3 Å². The molecule has 0 spiro atoms. The van der Waals surface area contributed by atoms with E-state index in [-0.39, 0.29) is 0 Å². The number of anilines is 2. The summed E-state index contributed by atoms with van der Waals surface area (Å²) in [4.78, 5) is 0. The number of aryl methyl sites for hydroxylation is 2. The second-order valence-electron chi connectivity index (χ2n) is 4.90. The van der Waals surface area contributed by atoms with Crippen LogP contribution < -0.4 is 15.4 Å². The van der Waals surface area contributed by atoms with Crippen molar-refractivity contribution in [2.75, 3.05) is 30.8 Å². The van der Waals surface area contributed by atoms with Crippen LogP contribution in [0, 0.1) is 13.8 Å². The molecule has 2 rings (SSSR count). The molecule has 0 saturated carbocycles. The van der Waals surface area contributed by atoms with Crippen LogP contribution in [0.5, 0.6) is 5.75 Å². The van der Waals surface area contributed by atoms with Crippen molar-refractivity contribution in [3.63, 3.8) is 0 Å². The molecule has 106 valence electrons. The molecule has 0 unspecified atom stereocenters. The maximum absolute atomic E-state index is 5.14. The molecule has 0 fully saturated rings. The fraction of sp³-hybridized carbons (Fsp3) is 0.294. The molecule has 3 nitrogen and oxygen atoms in total. The molecule has 0 radical (unpaired) electrons. The Kier molecular flexibility index (Phi) is 4.88.